The lowest BCUT2D eigenvalue weighted by atomic mass is 9.48. The molecule has 4 aliphatic rings. The summed E-state index contributed by atoms with van der Waals surface area (Å²) in [6.45, 7) is 2.83. The van der Waals surface area contributed by atoms with E-state index >= 15 is 0 Å². The number of hydrogen-bond donors (Lipinski definition) is 0. The quantitative estimate of drug-likeness (QED) is 0.125. The molecule has 2 saturated carbocycles. The Hall–Kier alpha value is -3.12. The molecule has 0 spiro atoms. The number of halogens is 22. The molecule has 0 heterocycles. The van der Waals surface area contributed by atoms with Gasteiger partial charge < -0.3 is 9.47 Å². The van der Waals surface area contributed by atoms with Gasteiger partial charge in [-0.1, -0.05) is 26.0 Å². The van der Waals surface area contributed by atoms with Crippen LogP contribution in [-0.2, 0) is 19.1 Å². The average Bonchev–Trinajstić information content (AvgIpc) is 3.38. The zero-order valence-corrected chi connectivity index (χ0v) is 28.3. The third-order valence-corrected chi connectivity index (χ3v) is 11.7. The number of fused-ring (bicyclic) bond motifs is 5. The number of esters is 2. The second-order valence-electron chi connectivity index (χ2n) is 14.8. The van der Waals surface area contributed by atoms with Crippen LogP contribution < -0.4 is 0 Å². The predicted octanol–water partition coefficient (Wildman–Crippen LogP) is 11.0. The van der Waals surface area contributed by atoms with Crippen molar-refractivity contribution in [3.63, 3.8) is 0 Å². The van der Waals surface area contributed by atoms with Crippen molar-refractivity contribution in [1.29, 1.82) is 0 Å². The van der Waals surface area contributed by atoms with E-state index in [4.69, 9.17) is 0 Å². The molecular weight excluding hydrogens is 854 g/mol. The minimum absolute atomic E-state index is 0.0127. The minimum atomic E-state index is -8.60. The van der Waals surface area contributed by atoms with Gasteiger partial charge in [0.1, 0.15) is 11.9 Å². The van der Waals surface area contributed by atoms with Gasteiger partial charge in [-0.2, -0.15) is 96.6 Å². The summed E-state index contributed by atoms with van der Waals surface area (Å²) in [6, 6.07) is 0. The lowest BCUT2D eigenvalue weighted by Crippen LogP contribution is -2.73. The summed E-state index contributed by atoms with van der Waals surface area (Å²) in [6.07, 6.45) is -14.3. The zero-order chi connectivity index (χ0) is 44.4. The molecule has 4 rings (SSSR count). The fraction of sp³-hybridized carbons (Fsp3) is 0.806. The molecule has 4 nitrogen and oxygen atoms in total. The Morgan fingerprint density at radius 1 is 0.544 bits per heavy atom. The van der Waals surface area contributed by atoms with Gasteiger partial charge in [0.15, 0.2) is 0 Å². The molecule has 0 aromatic heterocycles. The van der Waals surface area contributed by atoms with Crippen molar-refractivity contribution in [1.82, 2.24) is 0 Å². The maximum atomic E-state index is 14.7. The standard InChI is InChI=1S/C31H26F22O4/c1-20-9-7-13(56-18(54)23(34,35)25(38,39)30(48,49)50)11-12(20)3-4-14-15-5-6-17(21(15,2)10-8-16(14)20)57-19(55)22(32,33)24(36,37)26(40,41)27(42,43)28(44,45)29(46,47)31(51,52)53/h3-4,11-12,14-17H,5-10H2,1-2H3. The predicted molar refractivity (Wildman–Crippen MR) is 143 cm³/mol. The summed E-state index contributed by atoms with van der Waals surface area (Å²) in [5.74, 6) is -72.8. The van der Waals surface area contributed by atoms with E-state index in [1.165, 1.54) is 19.1 Å². The first-order valence-corrected chi connectivity index (χ1v) is 16.1. The van der Waals surface area contributed by atoms with Gasteiger partial charge in [-0.05, 0) is 61.3 Å². The number of allylic oxidation sites excluding steroid dienone is 4. The number of hydrogen-bond acceptors (Lipinski definition) is 4. The lowest BCUT2D eigenvalue weighted by molar-refractivity contribution is -0.450. The highest BCUT2D eigenvalue weighted by Gasteiger charge is 2.94. The highest BCUT2D eigenvalue weighted by atomic mass is 19.4. The first-order valence-electron chi connectivity index (χ1n) is 16.1. The smallest absolute Gasteiger partial charge is 0.457 e. The Morgan fingerprint density at radius 2 is 1.00 bits per heavy atom. The Balaban J connectivity index is 1.54. The molecule has 7 unspecified atom stereocenters. The van der Waals surface area contributed by atoms with Crippen LogP contribution in [0.25, 0.3) is 0 Å². The lowest BCUT2D eigenvalue weighted by Gasteiger charge is -2.57. The first-order chi connectivity index (χ1) is 25.2. The van der Waals surface area contributed by atoms with E-state index in [-0.39, 0.29) is 25.7 Å². The molecule has 0 saturated heterocycles. The topological polar surface area (TPSA) is 52.6 Å². The van der Waals surface area contributed by atoms with E-state index < -0.39 is 131 Å². The fourth-order valence-electron chi connectivity index (χ4n) is 8.24. The van der Waals surface area contributed by atoms with Crippen LogP contribution in [0.4, 0.5) is 96.6 Å². The van der Waals surface area contributed by atoms with E-state index in [9.17, 15) is 106 Å². The highest BCUT2D eigenvalue weighted by Crippen LogP contribution is 2.66. The first kappa shape index (κ1) is 46.6. The minimum Gasteiger partial charge on any atom is -0.457 e. The van der Waals surface area contributed by atoms with E-state index in [1.807, 2.05) is 0 Å². The summed E-state index contributed by atoms with van der Waals surface area (Å²) < 4.78 is 305. The van der Waals surface area contributed by atoms with E-state index in [0.717, 1.165) is 6.08 Å². The fourth-order valence-corrected chi connectivity index (χ4v) is 8.24. The second kappa shape index (κ2) is 13.2. The van der Waals surface area contributed by atoms with Gasteiger partial charge in [0.25, 0.3) is 0 Å². The average molecular weight is 881 g/mol. The van der Waals surface area contributed by atoms with Gasteiger partial charge in [-0.15, -0.1) is 0 Å². The molecule has 57 heavy (non-hydrogen) atoms. The van der Waals surface area contributed by atoms with Gasteiger partial charge in [-0.3, -0.25) is 0 Å². The molecule has 0 aromatic rings. The Labute approximate surface area is 304 Å². The van der Waals surface area contributed by atoms with Crippen molar-refractivity contribution in [2.24, 2.45) is 34.5 Å². The summed E-state index contributed by atoms with van der Waals surface area (Å²) in [4.78, 5) is 24.1. The Morgan fingerprint density at radius 3 is 1.51 bits per heavy atom. The normalized spacial score (nSPS) is 30.9. The third-order valence-electron chi connectivity index (χ3n) is 11.7. The molecule has 26 heteroatoms. The van der Waals surface area contributed by atoms with Crippen LogP contribution in [0.1, 0.15) is 52.4 Å². The molecule has 0 aromatic carbocycles. The summed E-state index contributed by atoms with van der Waals surface area (Å²) in [7, 11) is 0. The van der Waals surface area contributed by atoms with Crippen LogP contribution in [0.2, 0.25) is 0 Å². The summed E-state index contributed by atoms with van der Waals surface area (Å²) >= 11 is 0. The maximum absolute atomic E-state index is 14.7. The van der Waals surface area contributed by atoms with Crippen molar-refractivity contribution < 1.29 is 116 Å². The van der Waals surface area contributed by atoms with E-state index in [2.05, 4.69) is 9.47 Å². The van der Waals surface area contributed by atoms with E-state index in [0.29, 0.717) is 0 Å². The van der Waals surface area contributed by atoms with Crippen molar-refractivity contribution in [2.45, 2.75) is 118 Å². The largest absolute Gasteiger partial charge is 0.460 e. The number of alkyl halides is 22. The molecule has 0 radical (unpaired) electrons. The molecule has 4 aliphatic carbocycles. The number of ether oxygens (including phenoxy) is 2. The SMILES string of the molecule is CC12CCC(OC(=O)C(F)(F)C(F)(F)C(F)(F)F)=CC1C=CC1C2CCC2(C)C(OC(=O)C(F)(F)C(F)(F)C(F)(F)C(F)(F)C(F)(F)C(F)(F)C(F)(F)F)CCC12. The van der Waals surface area contributed by atoms with Crippen molar-refractivity contribution in [3.8, 4) is 0 Å². The Bertz CT molecular complexity index is 1660. The van der Waals surface area contributed by atoms with Crippen LogP contribution in [-0.4, -0.2) is 77.8 Å². The van der Waals surface area contributed by atoms with Gasteiger partial charge in [-0.25, -0.2) is 9.59 Å². The van der Waals surface area contributed by atoms with Crippen LogP contribution in [0.5, 0.6) is 0 Å². The van der Waals surface area contributed by atoms with Crippen molar-refractivity contribution in [2.75, 3.05) is 0 Å². The summed E-state index contributed by atoms with van der Waals surface area (Å²) in [5.41, 5.74) is -2.51. The third kappa shape index (κ3) is 6.35. The van der Waals surface area contributed by atoms with Crippen LogP contribution in [0.15, 0.2) is 24.0 Å². The van der Waals surface area contributed by atoms with Gasteiger partial charge in [0.05, 0.1) is 0 Å². The molecule has 7 atom stereocenters. The van der Waals surface area contributed by atoms with Gasteiger partial charge in [0.2, 0.25) is 0 Å². The van der Waals surface area contributed by atoms with Gasteiger partial charge in [0, 0.05) is 17.8 Å². The number of rotatable bonds is 10. The van der Waals surface area contributed by atoms with E-state index in [1.54, 1.807) is 6.92 Å². The van der Waals surface area contributed by atoms with Crippen LogP contribution in [0.3, 0.4) is 0 Å². The molecule has 0 aliphatic heterocycles. The van der Waals surface area contributed by atoms with Gasteiger partial charge >= 0.3 is 71.7 Å². The molecule has 0 bridgehead atoms. The molecular formula is C31H26F22O4. The molecule has 0 amide bonds. The Kier molecular flexibility index (Phi) is 10.8. The van der Waals surface area contributed by atoms with Crippen LogP contribution in [0, 0.1) is 34.5 Å². The molecule has 328 valence electrons. The molecule has 0 N–H and O–H groups in total. The number of carbonyl (C=O) groups excluding carboxylic acids is 2. The monoisotopic (exact) mass is 880 g/mol. The number of carbonyl (C=O) groups is 2. The van der Waals surface area contributed by atoms with Crippen molar-refractivity contribution in [3.05, 3.63) is 24.0 Å². The van der Waals surface area contributed by atoms with Crippen LogP contribution >= 0.6 is 0 Å². The second-order valence-corrected chi connectivity index (χ2v) is 14.8. The zero-order valence-electron chi connectivity index (χ0n) is 28.3. The maximum Gasteiger partial charge on any atom is 0.460 e. The molecule has 2 fully saturated rings. The van der Waals surface area contributed by atoms with Crippen molar-refractivity contribution >= 4 is 11.9 Å². The highest BCUT2D eigenvalue weighted by molar-refractivity contribution is 5.80. The summed E-state index contributed by atoms with van der Waals surface area (Å²) in [5, 5.41) is 0.